The molecule has 106 valence electrons. The fraction of sp³-hybridized carbons (Fsp3) is 0.125. The molecular weight excluding hydrogens is 304 g/mol. The van der Waals surface area contributed by atoms with Crippen molar-refractivity contribution in [1.29, 1.82) is 5.26 Å². The van der Waals surface area contributed by atoms with Crippen molar-refractivity contribution >= 4 is 35.0 Å². The van der Waals surface area contributed by atoms with E-state index in [-0.39, 0.29) is 11.2 Å². The molecule has 0 heterocycles. The molecule has 0 fully saturated rings. The van der Waals surface area contributed by atoms with Gasteiger partial charge in [0.25, 0.3) is 0 Å². The van der Waals surface area contributed by atoms with E-state index in [1.54, 1.807) is 30.3 Å². The molecule has 0 spiro atoms. The van der Waals surface area contributed by atoms with Gasteiger partial charge in [0.2, 0.25) is 5.91 Å². The molecule has 5 heteroatoms. The molecule has 1 atom stereocenters. The van der Waals surface area contributed by atoms with Gasteiger partial charge in [-0.1, -0.05) is 17.7 Å². The molecule has 0 aromatic heterocycles. The number of carbonyl (C=O) groups is 1. The van der Waals surface area contributed by atoms with E-state index in [1.807, 2.05) is 31.2 Å². The molecule has 2 aromatic rings. The Morgan fingerprint density at radius 1 is 1.29 bits per heavy atom. The maximum absolute atomic E-state index is 12.1. The first kappa shape index (κ1) is 15.4. The van der Waals surface area contributed by atoms with Gasteiger partial charge >= 0.3 is 0 Å². The van der Waals surface area contributed by atoms with Crippen LogP contribution in [0.3, 0.4) is 0 Å². The number of rotatable bonds is 4. The number of anilines is 1. The number of benzene rings is 2. The minimum absolute atomic E-state index is 0.0929. The minimum Gasteiger partial charge on any atom is -0.325 e. The maximum Gasteiger partial charge on any atom is 0.237 e. The standard InChI is InChI=1S/C16H13ClN2OS/c1-11(21-15-4-2-3-13(17)9-15)16(20)19-14-7-5-12(10-18)6-8-14/h2-9,11H,1H3,(H,19,20). The molecule has 0 saturated heterocycles. The fourth-order valence-electron chi connectivity index (χ4n) is 1.67. The SMILES string of the molecule is CC(Sc1cccc(Cl)c1)C(=O)Nc1ccc(C#N)cc1. The van der Waals surface area contributed by atoms with Gasteiger partial charge in [0, 0.05) is 15.6 Å². The van der Waals surface area contributed by atoms with Crippen molar-refractivity contribution < 1.29 is 4.79 Å². The van der Waals surface area contributed by atoms with Crippen LogP contribution in [0, 0.1) is 11.3 Å². The molecule has 2 aromatic carbocycles. The number of hydrogen-bond acceptors (Lipinski definition) is 3. The highest BCUT2D eigenvalue weighted by Gasteiger charge is 2.14. The van der Waals surface area contributed by atoms with E-state index in [4.69, 9.17) is 16.9 Å². The second-order valence-electron chi connectivity index (χ2n) is 4.40. The van der Waals surface area contributed by atoms with Gasteiger partial charge in [-0.05, 0) is 49.4 Å². The first-order valence-electron chi connectivity index (χ1n) is 6.32. The molecule has 0 aliphatic rings. The summed E-state index contributed by atoms with van der Waals surface area (Å²) >= 11 is 7.37. The summed E-state index contributed by atoms with van der Waals surface area (Å²) in [6.45, 7) is 1.84. The minimum atomic E-state index is -0.251. The molecule has 2 rings (SSSR count). The van der Waals surface area contributed by atoms with Gasteiger partial charge in [-0.25, -0.2) is 0 Å². The number of nitrogens with one attached hydrogen (secondary N) is 1. The molecule has 0 aliphatic carbocycles. The van der Waals surface area contributed by atoms with Crippen LogP contribution in [-0.2, 0) is 4.79 Å². The van der Waals surface area contributed by atoms with Crippen molar-refractivity contribution in [2.75, 3.05) is 5.32 Å². The second-order valence-corrected chi connectivity index (χ2v) is 6.25. The Bertz CT molecular complexity index is 679. The third-order valence-electron chi connectivity index (χ3n) is 2.76. The number of halogens is 1. The first-order valence-corrected chi connectivity index (χ1v) is 7.57. The predicted molar refractivity (Wildman–Crippen MR) is 86.6 cm³/mol. The third-order valence-corrected chi connectivity index (χ3v) is 4.09. The van der Waals surface area contributed by atoms with Crippen LogP contribution >= 0.6 is 23.4 Å². The number of carbonyl (C=O) groups excluding carboxylic acids is 1. The molecule has 0 aliphatic heterocycles. The number of hydrogen-bond donors (Lipinski definition) is 1. The smallest absolute Gasteiger partial charge is 0.237 e. The Kier molecular flexibility index (Phi) is 5.26. The molecule has 3 nitrogen and oxygen atoms in total. The fourth-order valence-corrected chi connectivity index (χ4v) is 2.85. The number of thioether (sulfide) groups is 1. The number of nitrogens with zero attached hydrogens (tertiary/aromatic N) is 1. The van der Waals surface area contributed by atoms with Gasteiger partial charge in [0.1, 0.15) is 0 Å². The Morgan fingerprint density at radius 3 is 2.62 bits per heavy atom. The van der Waals surface area contributed by atoms with Gasteiger partial charge in [-0.15, -0.1) is 11.8 Å². The summed E-state index contributed by atoms with van der Waals surface area (Å²) < 4.78 is 0. The molecule has 1 N–H and O–H groups in total. The van der Waals surface area contributed by atoms with Crippen LogP contribution in [0.4, 0.5) is 5.69 Å². The average molecular weight is 317 g/mol. The zero-order valence-electron chi connectivity index (χ0n) is 11.3. The lowest BCUT2D eigenvalue weighted by Crippen LogP contribution is -2.22. The Morgan fingerprint density at radius 2 is 2.00 bits per heavy atom. The highest BCUT2D eigenvalue weighted by molar-refractivity contribution is 8.00. The number of amides is 1. The molecule has 0 bridgehead atoms. The molecule has 1 unspecified atom stereocenters. The molecule has 21 heavy (non-hydrogen) atoms. The summed E-state index contributed by atoms with van der Waals surface area (Å²) in [4.78, 5) is 13.1. The zero-order valence-corrected chi connectivity index (χ0v) is 12.9. The van der Waals surface area contributed by atoms with E-state index in [9.17, 15) is 4.79 Å². The average Bonchev–Trinajstić information content (AvgIpc) is 2.48. The van der Waals surface area contributed by atoms with E-state index in [1.165, 1.54) is 11.8 Å². The van der Waals surface area contributed by atoms with Gasteiger partial charge < -0.3 is 5.32 Å². The lowest BCUT2D eigenvalue weighted by Gasteiger charge is -2.12. The normalized spacial score (nSPS) is 11.5. The molecular formula is C16H13ClN2OS. The summed E-state index contributed by atoms with van der Waals surface area (Å²) in [5.41, 5.74) is 1.24. The summed E-state index contributed by atoms with van der Waals surface area (Å²) in [6.07, 6.45) is 0. The van der Waals surface area contributed by atoms with Crippen molar-refractivity contribution in [1.82, 2.24) is 0 Å². The Hall–Kier alpha value is -1.96. The van der Waals surface area contributed by atoms with Gasteiger partial charge in [0.05, 0.1) is 16.9 Å². The molecule has 0 saturated carbocycles. The van der Waals surface area contributed by atoms with E-state index in [0.717, 1.165) is 4.90 Å². The first-order chi connectivity index (χ1) is 10.1. The van der Waals surface area contributed by atoms with Crippen molar-refractivity contribution in [3.05, 3.63) is 59.1 Å². The Labute approximate surface area is 132 Å². The topological polar surface area (TPSA) is 52.9 Å². The summed E-state index contributed by atoms with van der Waals surface area (Å²) in [6, 6.07) is 16.2. The lowest BCUT2D eigenvalue weighted by molar-refractivity contribution is -0.115. The Balaban J connectivity index is 1.97. The monoisotopic (exact) mass is 316 g/mol. The van der Waals surface area contributed by atoms with Crippen LogP contribution in [0.15, 0.2) is 53.4 Å². The van der Waals surface area contributed by atoms with Crippen LogP contribution in [0.2, 0.25) is 5.02 Å². The van der Waals surface area contributed by atoms with Crippen LogP contribution in [0.5, 0.6) is 0 Å². The third kappa shape index (κ3) is 4.52. The highest BCUT2D eigenvalue weighted by Crippen LogP contribution is 2.26. The van der Waals surface area contributed by atoms with Crippen LogP contribution in [0.1, 0.15) is 12.5 Å². The van der Waals surface area contributed by atoms with Crippen LogP contribution in [0.25, 0.3) is 0 Å². The molecule has 0 radical (unpaired) electrons. The van der Waals surface area contributed by atoms with Gasteiger partial charge in [0.15, 0.2) is 0 Å². The predicted octanol–water partition coefficient (Wildman–Crippen LogP) is 4.33. The lowest BCUT2D eigenvalue weighted by atomic mass is 10.2. The van der Waals surface area contributed by atoms with Gasteiger partial charge in [-0.2, -0.15) is 5.26 Å². The zero-order chi connectivity index (χ0) is 15.2. The van der Waals surface area contributed by atoms with Crippen LogP contribution in [-0.4, -0.2) is 11.2 Å². The van der Waals surface area contributed by atoms with Crippen molar-refractivity contribution in [3.8, 4) is 6.07 Å². The maximum atomic E-state index is 12.1. The quantitative estimate of drug-likeness (QED) is 0.854. The van der Waals surface area contributed by atoms with Crippen molar-refractivity contribution in [3.63, 3.8) is 0 Å². The summed E-state index contributed by atoms with van der Waals surface area (Å²) in [5.74, 6) is -0.0929. The van der Waals surface area contributed by atoms with E-state index in [2.05, 4.69) is 5.32 Å². The summed E-state index contributed by atoms with van der Waals surface area (Å²) in [7, 11) is 0. The van der Waals surface area contributed by atoms with Crippen LogP contribution < -0.4 is 5.32 Å². The van der Waals surface area contributed by atoms with E-state index in [0.29, 0.717) is 16.3 Å². The second kappa shape index (κ2) is 7.16. The van der Waals surface area contributed by atoms with Crippen molar-refractivity contribution in [2.45, 2.75) is 17.1 Å². The summed E-state index contributed by atoms with van der Waals surface area (Å²) in [5, 5.41) is 12.0. The largest absolute Gasteiger partial charge is 0.325 e. The van der Waals surface area contributed by atoms with Gasteiger partial charge in [-0.3, -0.25) is 4.79 Å². The van der Waals surface area contributed by atoms with E-state index >= 15 is 0 Å². The van der Waals surface area contributed by atoms with E-state index < -0.39 is 0 Å². The molecule has 1 amide bonds. The number of nitriles is 1. The van der Waals surface area contributed by atoms with Crippen molar-refractivity contribution in [2.24, 2.45) is 0 Å². The highest BCUT2D eigenvalue weighted by atomic mass is 35.5.